The van der Waals surface area contributed by atoms with E-state index in [1.807, 2.05) is 19.1 Å². The first-order valence-corrected chi connectivity index (χ1v) is 3.11. The van der Waals surface area contributed by atoms with Gasteiger partial charge in [-0.1, -0.05) is 0 Å². The Labute approximate surface area is 59.6 Å². The molecule has 0 aromatic carbocycles. The van der Waals surface area contributed by atoms with Crippen LogP contribution >= 0.6 is 0 Å². The molecule has 1 atom stereocenters. The highest BCUT2D eigenvalue weighted by Crippen LogP contribution is 2.13. The van der Waals surface area contributed by atoms with E-state index in [0.717, 1.165) is 5.56 Å². The molecule has 1 unspecified atom stereocenters. The van der Waals surface area contributed by atoms with E-state index in [0.29, 0.717) is 0 Å². The summed E-state index contributed by atoms with van der Waals surface area (Å²) in [6.45, 7) is 1.88. The Morgan fingerprint density at radius 2 is 2.10 bits per heavy atom. The molecule has 1 aromatic heterocycles. The van der Waals surface area contributed by atoms with Crippen LogP contribution in [0.1, 0.15) is 18.5 Å². The van der Waals surface area contributed by atoms with Crippen molar-refractivity contribution in [1.82, 2.24) is 4.98 Å². The zero-order valence-electron chi connectivity index (χ0n) is 5.78. The maximum atomic E-state index is 6.75. The molecule has 0 bridgehead atoms. The third-order valence-corrected chi connectivity index (χ3v) is 1.38. The number of rotatable bonds is 2. The average molecular weight is 144 g/mol. The zero-order chi connectivity index (χ0) is 7.40. The van der Waals surface area contributed by atoms with Gasteiger partial charge in [-0.15, -0.1) is 0 Å². The molecule has 1 aromatic rings. The van der Waals surface area contributed by atoms with Gasteiger partial charge >= 0.3 is 0 Å². The predicted molar refractivity (Wildman–Crippen MR) is 37.8 cm³/mol. The van der Waals surface area contributed by atoms with Gasteiger partial charge in [-0.05, 0) is 24.6 Å². The first kappa shape index (κ1) is 6.86. The average Bonchev–Trinajstić information content (AvgIpc) is 2.05. The number of hydrogen-bond donors (Lipinski definition) is 1. The first-order chi connectivity index (χ1) is 4.84. The quantitative estimate of drug-likeness (QED) is 0.386. The molecular weight excluding hydrogens is 135 g/mol. The molecule has 1 heterocycles. The number of nitrogens with zero attached hydrogens (tertiary/aromatic N) is 2. The molecular formula is C7H9N3. The van der Waals surface area contributed by atoms with Crippen LogP contribution in [0.4, 0.5) is 0 Å². The lowest BCUT2D eigenvalue weighted by Gasteiger charge is -2.00. The van der Waals surface area contributed by atoms with E-state index in [1.165, 1.54) is 0 Å². The zero-order valence-corrected chi connectivity index (χ0v) is 5.78. The summed E-state index contributed by atoms with van der Waals surface area (Å²) in [5.41, 5.74) is 7.78. The lowest BCUT2D eigenvalue weighted by Crippen LogP contribution is -1.86. The highest BCUT2D eigenvalue weighted by molar-refractivity contribution is 5.13. The predicted octanol–water partition coefficient (Wildman–Crippen LogP) is 2.17. The van der Waals surface area contributed by atoms with Gasteiger partial charge in [0.2, 0.25) is 0 Å². The van der Waals surface area contributed by atoms with Crippen molar-refractivity contribution in [3.8, 4) is 0 Å². The van der Waals surface area contributed by atoms with E-state index in [2.05, 4.69) is 10.1 Å². The van der Waals surface area contributed by atoms with Gasteiger partial charge in [-0.25, -0.2) is 5.53 Å². The number of pyridine rings is 1. The van der Waals surface area contributed by atoms with Gasteiger partial charge in [0.05, 0.1) is 6.04 Å². The molecule has 0 aliphatic rings. The lowest BCUT2D eigenvalue weighted by atomic mass is 10.4. The van der Waals surface area contributed by atoms with E-state index in [-0.39, 0.29) is 6.04 Å². The van der Waals surface area contributed by atoms with Gasteiger partial charge in [-0.2, -0.15) is 5.11 Å². The molecule has 0 aliphatic heterocycles. The summed E-state index contributed by atoms with van der Waals surface area (Å²) < 4.78 is 0. The summed E-state index contributed by atoms with van der Waals surface area (Å²) >= 11 is 0. The van der Waals surface area contributed by atoms with Crippen molar-refractivity contribution in [1.29, 1.82) is 5.53 Å². The van der Waals surface area contributed by atoms with Crippen LogP contribution in [0.5, 0.6) is 0 Å². The summed E-state index contributed by atoms with van der Waals surface area (Å²) in [7, 11) is 0. The van der Waals surface area contributed by atoms with Gasteiger partial charge in [0, 0.05) is 12.4 Å². The Balaban J connectivity index is 2.84. The van der Waals surface area contributed by atoms with Crippen molar-refractivity contribution in [2.45, 2.75) is 13.0 Å². The Bertz CT molecular complexity index is 207. The third-order valence-electron chi connectivity index (χ3n) is 1.38. The van der Waals surface area contributed by atoms with Crippen LogP contribution in [0.2, 0.25) is 0 Å². The van der Waals surface area contributed by atoms with Gasteiger partial charge in [0.1, 0.15) is 0 Å². The lowest BCUT2D eigenvalue weighted by molar-refractivity contribution is 0.732. The maximum absolute atomic E-state index is 6.75. The molecule has 0 saturated carbocycles. The van der Waals surface area contributed by atoms with Crippen molar-refractivity contribution in [2.75, 3.05) is 0 Å². The fourth-order valence-corrected chi connectivity index (χ4v) is 0.716. The second-order valence-corrected chi connectivity index (χ2v) is 2.09. The number of hydrogen-bond acceptors (Lipinski definition) is 3. The fourth-order valence-electron chi connectivity index (χ4n) is 0.716. The molecule has 0 radical (unpaired) electrons. The molecule has 3 nitrogen and oxygen atoms in total. The van der Waals surface area contributed by atoms with E-state index in [1.54, 1.807) is 12.4 Å². The van der Waals surface area contributed by atoms with Crippen molar-refractivity contribution in [2.24, 2.45) is 5.11 Å². The number of aromatic nitrogens is 1. The number of nitrogens with one attached hydrogen (secondary N) is 1. The van der Waals surface area contributed by atoms with E-state index in [4.69, 9.17) is 5.53 Å². The second-order valence-electron chi connectivity index (χ2n) is 2.09. The fraction of sp³-hybridized carbons (Fsp3) is 0.286. The monoisotopic (exact) mass is 144 g/mol. The van der Waals surface area contributed by atoms with Crippen molar-refractivity contribution in [3.63, 3.8) is 0 Å². The van der Waals surface area contributed by atoms with Crippen LogP contribution in [0.15, 0.2) is 29.6 Å². The molecule has 1 N–H and O–H groups in total. The topological polar surface area (TPSA) is 49.1 Å². The first-order valence-electron chi connectivity index (χ1n) is 3.11. The van der Waals surface area contributed by atoms with Gasteiger partial charge in [-0.3, -0.25) is 4.98 Å². The van der Waals surface area contributed by atoms with Gasteiger partial charge in [0.15, 0.2) is 0 Å². The third kappa shape index (κ3) is 1.37. The van der Waals surface area contributed by atoms with Crippen LogP contribution in [0.25, 0.3) is 0 Å². The highest BCUT2D eigenvalue weighted by atomic mass is 18.2. The highest BCUT2D eigenvalue weighted by Gasteiger charge is 1.99. The summed E-state index contributed by atoms with van der Waals surface area (Å²) in [5, 5.41) is 3.38. The molecule has 0 saturated heterocycles. The van der Waals surface area contributed by atoms with Crippen LogP contribution in [0.3, 0.4) is 0 Å². The molecule has 52 valence electrons. The Kier molecular flexibility index (Phi) is 2.10. The smallest absolute Gasteiger partial charge is 0.0928 e. The van der Waals surface area contributed by atoms with Crippen LogP contribution < -0.4 is 0 Å². The largest absolute Gasteiger partial charge is 0.265 e. The molecule has 0 spiro atoms. The summed E-state index contributed by atoms with van der Waals surface area (Å²) in [5.74, 6) is 0. The summed E-state index contributed by atoms with van der Waals surface area (Å²) in [6.07, 6.45) is 3.41. The Morgan fingerprint density at radius 1 is 1.50 bits per heavy atom. The van der Waals surface area contributed by atoms with E-state index < -0.39 is 0 Å². The molecule has 0 aliphatic carbocycles. The molecule has 10 heavy (non-hydrogen) atoms. The van der Waals surface area contributed by atoms with E-state index in [9.17, 15) is 0 Å². The standard InChI is InChI=1S/C7H9N3/c1-6(10-8)7-2-4-9-5-3-7/h2-6,8H,1H3/i1+6,6+1,8+1,10+1. The van der Waals surface area contributed by atoms with Gasteiger partial charge in [0.25, 0.3) is 0 Å². The Morgan fingerprint density at radius 3 is 2.60 bits per heavy atom. The van der Waals surface area contributed by atoms with Crippen molar-refractivity contribution < 1.29 is 0 Å². The van der Waals surface area contributed by atoms with Crippen molar-refractivity contribution in [3.05, 3.63) is 30.1 Å². The summed E-state index contributed by atoms with van der Waals surface area (Å²) in [4.78, 5) is 3.86. The summed E-state index contributed by atoms with van der Waals surface area (Å²) in [6, 6.07) is 3.69. The molecule has 1 rings (SSSR count). The molecule has 3 heteroatoms. The van der Waals surface area contributed by atoms with Crippen LogP contribution in [0, 0.1) is 5.53 Å². The second kappa shape index (κ2) is 3.06. The Hall–Kier alpha value is -1.25. The van der Waals surface area contributed by atoms with E-state index >= 15 is 0 Å². The minimum absolute atomic E-state index is 0.0389. The molecule has 0 fully saturated rings. The molecule has 0 amide bonds. The van der Waals surface area contributed by atoms with Crippen LogP contribution in [-0.2, 0) is 0 Å². The van der Waals surface area contributed by atoms with Crippen molar-refractivity contribution >= 4 is 0 Å². The normalized spacial score (nSPS) is 12.5. The maximum Gasteiger partial charge on any atom is 0.0928 e. The minimum atomic E-state index is -0.0389. The van der Waals surface area contributed by atoms with Crippen LogP contribution in [-0.4, -0.2) is 4.98 Å². The SMILES string of the molecule is [18CH3][13CH]([15N]=[15NH])c1ccncc1. The minimum Gasteiger partial charge on any atom is -0.265 e. The van der Waals surface area contributed by atoms with Gasteiger partial charge < -0.3 is 0 Å².